The van der Waals surface area contributed by atoms with Crippen molar-refractivity contribution in [2.45, 2.75) is 70.5 Å². The Morgan fingerprint density at radius 1 is 1.13 bits per heavy atom. The maximum atomic E-state index is 3.79. The topological polar surface area (TPSA) is 15.3 Å². The molecule has 1 aliphatic carbocycles. The Balaban J connectivity index is 2.32. The molecular formula is C13H28N2. The maximum absolute atomic E-state index is 3.79. The van der Waals surface area contributed by atoms with Crippen molar-refractivity contribution in [3.05, 3.63) is 0 Å². The molecule has 1 saturated carbocycles. The highest BCUT2D eigenvalue weighted by molar-refractivity contribution is 4.86. The number of rotatable bonds is 4. The summed E-state index contributed by atoms with van der Waals surface area (Å²) in [7, 11) is 4.41. The Hall–Kier alpha value is -0.0800. The summed E-state index contributed by atoms with van der Waals surface area (Å²) in [4.78, 5) is 2.38. The van der Waals surface area contributed by atoms with E-state index >= 15 is 0 Å². The van der Waals surface area contributed by atoms with E-state index in [0.717, 1.165) is 12.1 Å². The van der Waals surface area contributed by atoms with Crippen LogP contribution in [0.1, 0.15) is 52.9 Å². The third-order valence-corrected chi connectivity index (χ3v) is 3.91. The van der Waals surface area contributed by atoms with E-state index in [1.165, 1.54) is 32.1 Å². The first-order valence-corrected chi connectivity index (χ1v) is 6.38. The zero-order valence-electron chi connectivity index (χ0n) is 11.1. The van der Waals surface area contributed by atoms with Gasteiger partial charge in [-0.2, -0.15) is 0 Å². The van der Waals surface area contributed by atoms with E-state index in [0.29, 0.717) is 5.54 Å². The Morgan fingerprint density at radius 3 is 2.07 bits per heavy atom. The van der Waals surface area contributed by atoms with Gasteiger partial charge in [0.15, 0.2) is 0 Å². The Kier molecular flexibility index (Phi) is 4.60. The van der Waals surface area contributed by atoms with E-state index in [1.807, 2.05) is 0 Å². The minimum atomic E-state index is 0.315. The lowest BCUT2D eigenvalue weighted by Crippen LogP contribution is -2.48. The summed E-state index contributed by atoms with van der Waals surface area (Å²) in [6.07, 6.45) is 6.59. The smallest absolute Gasteiger partial charge is 0.0125 e. The second kappa shape index (κ2) is 5.31. The van der Waals surface area contributed by atoms with Crippen molar-refractivity contribution in [3.63, 3.8) is 0 Å². The fourth-order valence-corrected chi connectivity index (χ4v) is 2.39. The van der Waals surface area contributed by atoms with Gasteiger partial charge in [-0.1, -0.05) is 6.92 Å². The van der Waals surface area contributed by atoms with Crippen LogP contribution in [0.3, 0.4) is 0 Å². The number of hydrogen-bond acceptors (Lipinski definition) is 2. The van der Waals surface area contributed by atoms with Crippen molar-refractivity contribution in [2.75, 3.05) is 14.1 Å². The van der Waals surface area contributed by atoms with Crippen molar-refractivity contribution < 1.29 is 0 Å². The highest BCUT2D eigenvalue weighted by Crippen LogP contribution is 2.23. The monoisotopic (exact) mass is 212 g/mol. The zero-order chi connectivity index (χ0) is 11.5. The standard InChI is InChI=1S/C13H28N2/c1-6-13(2,3)14-11-7-9-12(10-8-11)15(4)5/h11-12,14H,6-10H2,1-5H3. The first-order chi connectivity index (χ1) is 6.94. The molecule has 15 heavy (non-hydrogen) atoms. The van der Waals surface area contributed by atoms with E-state index in [9.17, 15) is 0 Å². The lowest BCUT2D eigenvalue weighted by Gasteiger charge is -2.37. The fourth-order valence-electron chi connectivity index (χ4n) is 2.39. The minimum absolute atomic E-state index is 0.315. The fraction of sp³-hybridized carbons (Fsp3) is 1.00. The van der Waals surface area contributed by atoms with Gasteiger partial charge in [0.05, 0.1) is 0 Å². The van der Waals surface area contributed by atoms with Crippen molar-refractivity contribution in [1.82, 2.24) is 10.2 Å². The number of nitrogens with one attached hydrogen (secondary N) is 1. The second-order valence-electron chi connectivity index (χ2n) is 5.85. The predicted molar refractivity (Wildman–Crippen MR) is 67.2 cm³/mol. The molecule has 0 unspecified atom stereocenters. The first kappa shape index (κ1) is 13.0. The number of hydrogen-bond donors (Lipinski definition) is 1. The molecule has 1 aliphatic rings. The van der Waals surface area contributed by atoms with Gasteiger partial charge in [0.25, 0.3) is 0 Å². The first-order valence-electron chi connectivity index (χ1n) is 6.38. The van der Waals surface area contributed by atoms with Gasteiger partial charge in [-0.15, -0.1) is 0 Å². The lowest BCUT2D eigenvalue weighted by molar-refractivity contribution is 0.185. The summed E-state index contributed by atoms with van der Waals surface area (Å²) in [5.74, 6) is 0. The van der Waals surface area contributed by atoms with Crippen LogP contribution in [0.2, 0.25) is 0 Å². The van der Waals surface area contributed by atoms with Crippen LogP contribution in [-0.4, -0.2) is 36.6 Å². The van der Waals surface area contributed by atoms with Crippen LogP contribution in [0.4, 0.5) is 0 Å². The van der Waals surface area contributed by atoms with Crippen LogP contribution in [0.15, 0.2) is 0 Å². The van der Waals surface area contributed by atoms with E-state index in [1.54, 1.807) is 0 Å². The third kappa shape index (κ3) is 4.12. The van der Waals surface area contributed by atoms with E-state index in [2.05, 4.69) is 45.1 Å². The quantitative estimate of drug-likeness (QED) is 0.770. The molecule has 0 aromatic carbocycles. The maximum Gasteiger partial charge on any atom is 0.0125 e. The van der Waals surface area contributed by atoms with Crippen molar-refractivity contribution in [1.29, 1.82) is 0 Å². The van der Waals surface area contributed by atoms with E-state index in [4.69, 9.17) is 0 Å². The summed E-state index contributed by atoms with van der Waals surface area (Å²) < 4.78 is 0. The van der Waals surface area contributed by atoms with Gasteiger partial charge in [0.2, 0.25) is 0 Å². The molecule has 0 atom stereocenters. The molecule has 1 fully saturated rings. The van der Waals surface area contributed by atoms with Crippen LogP contribution in [0.5, 0.6) is 0 Å². The van der Waals surface area contributed by atoms with Gasteiger partial charge >= 0.3 is 0 Å². The highest BCUT2D eigenvalue weighted by Gasteiger charge is 2.26. The Bertz CT molecular complexity index is 179. The molecule has 0 amide bonds. The van der Waals surface area contributed by atoms with Gasteiger partial charge in [0.1, 0.15) is 0 Å². The highest BCUT2D eigenvalue weighted by atomic mass is 15.1. The van der Waals surface area contributed by atoms with Gasteiger partial charge in [-0.3, -0.25) is 0 Å². The number of nitrogens with zero attached hydrogens (tertiary/aromatic N) is 1. The normalized spacial score (nSPS) is 28.4. The molecule has 1 rings (SSSR count). The van der Waals surface area contributed by atoms with Gasteiger partial charge in [-0.05, 0) is 60.0 Å². The molecule has 0 aromatic rings. The molecule has 0 spiro atoms. The SMILES string of the molecule is CCC(C)(C)NC1CCC(N(C)C)CC1. The molecule has 90 valence electrons. The van der Waals surface area contributed by atoms with Crippen LogP contribution >= 0.6 is 0 Å². The summed E-state index contributed by atoms with van der Waals surface area (Å²) in [5, 5.41) is 3.79. The van der Waals surface area contributed by atoms with E-state index in [-0.39, 0.29) is 0 Å². The van der Waals surface area contributed by atoms with Crippen LogP contribution in [0.25, 0.3) is 0 Å². The van der Waals surface area contributed by atoms with Gasteiger partial charge in [-0.25, -0.2) is 0 Å². The van der Waals surface area contributed by atoms with Crippen molar-refractivity contribution in [3.8, 4) is 0 Å². The molecule has 0 bridgehead atoms. The molecule has 0 saturated heterocycles. The average Bonchev–Trinajstić information content (AvgIpc) is 2.18. The molecule has 0 aromatic heterocycles. The van der Waals surface area contributed by atoms with Crippen molar-refractivity contribution >= 4 is 0 Å². The average molecular weight is 212 g/mol. The van der Waals surface area contributed by atoms with Gasteiger partial charge in [0, 0.05) is 17.6 Å². The molecule has 0 heterocycles. The van der Waals surface area contributed by atoms with Crippen LogP contribution in [0, 0.1) is 0 Å². The van der Waals surface area contributed by atoms with Crippen molar-refractivity contribution in [2.24, 2.45) is 0 Å². The molecule has 0 radical (unpaired) electrons. The Labute approximate surface area is 95.4 Å². The van der Waals surface area contributed by atoms with Crippen LogP contribution in [-0.2, 0) is 0 Å². The zero-order valence-corrected chi connectivity index (χ0v) is 11.1. The van der Waals surface area contributed by atoms with Gasteiger partial charge < -0.3 is 10.2 Å². The predicted octanol–water partition coefficient (Wildman–Crippen LogP) is 2.64. The molecule has 0 aliphatic heterocycles. The third-order valence-electron chi connectivity index (χ3n) is 3.91. The lowest BCUT2D eigenvalue weighted by atomic mass is 9.88. The van der Waals surface area contributed by atoms with Crippen LogP contribution < -0.4 is 5.32 Å². The summed E-state index contributed by atoms with van der Waals surface area (Å²) >= 11 is 0. The van der Waals surface area contributed by atoms with E-state index < -0.39 is 0 Å². The minimum Gasteiger partial charge on any atom is -0.309 e. The second-order valence-corrected chi connectivity index (χ2v) is 5.85. The Morgan fingerprint density at radius 2 is 1.67 bits per heavy atom. The molecule has 2 heteroatoms. The summed E-state index contributed by atoms with van der Waals surface area (Å²) in [5.41, 5.74) is 0.315. The largest absolute Gasteiger partial charge is 0.309 e. The molecule has 1 N–H and O–H groups in total. The molecular weight excluding hydrogens is 184 g/mol. The summed E-state index contributed by atoms with van der Waals surface area (Å²) in [6.45, 7) is 6.88. The summed E-state index contributed by atoms with van der Waals surface area (Å²) in [6, 6.07) is 1.56. The molecule has 2 nitrogen and oxygen atoms in total.